The van der Waals surface area contributed by atoms with Crippen LogP contribution in [0.2, 0.25) is 0 Å². The first kappa shape index (κ1) is 13.4. The Labute approximate surface area is 123 Å². The number of fused-ring (bicyclic) bond motifs is 1. The maximum atomic E-state index is 5.78. The second-order valence-corrected chi connectivity index (χ2v) is 4.71. The van der Waals surface area contributed by atoms with E-state index in [2.05, 4.69) is 5.32 Å². The molecule has 21 heavy (non-hydrogen) atoms. The van der Waals surface area contributed by atoms with E-state index in [-0.39, 0.29) is 0 Å². The molecular weight excluding hydrogens is 266 g/mol. The summed E-state index contributed by atoms with van der Waals surface area (Å²) >= 11 is 0. The Morgan fingerprint density at radius 3 is 2.33 bits per heavy atom. The number of methoxy groups -OCH3 is 2. The van der Waals surface area contributed by atoms with E-state index in [9.17, 15) is 0 Å². The third-order valence-corrected chi connectivity index (χ3v) is 3.29. The Morgan fingerprint density at radius 2 is 1.67 bits per heavy atom. The number of hydrogen-bond acceptors (Lipinski definition) is 4. The fourth-order valence-corrected chi connectivity index (χ4v) is 2.22. The quantitative estimate of drug-likeness (QED) is 0.766. The van der Waals surface area contributed by atoms with Crippen LogP contribution in [0.15, 0.2) is 52.9 Å². The molecule has 0 aliphatic carbocycles. The van der Waals surface area contributed by atoms with Gasteiger partial charge in [-0.25, -0.2) is 0 Å². The molecule has 0 unspecified atom stereocenters. The molecule has 0 aliphatic heterocycles. The Kier molecular flexibility index (Phi) is 3.69. The lowest BCUT2D eigenvalue weighted by atomic mass is 10.2. The monoisotopic (exact) mass is 283 g/mol. The largest absolute Gasteiger partial charge is 0.497 e. The highest BCUT2D eigenvalue weighted by atomic mass is 16.5. The Balaban J connectivity index is 1.77. The van der Waals surface area contributed by atoms with Gasteiger partial charge in [-0.05, 0) is 12.1 Å². The summed E-state index contributed by atoms with van der Waals surface area (Å²) in [5.74, 6) is 2.39. The van der Waals surface area contributed by atoms with E-state index in [0.717, 1.165) is 33.9 Å². The average molecular weight is 283 g/mol. The Morgan fingerprint density at radius 1 is 0.952 bits per heavy atom. The van der Waals surface area contributed by atoms with E-state index < -0.39 is 0 Å². The molecule has 3 rings (SSSR count). The third-order valence-electron chi connectivity index (χ3n) is 3.29. The molecule has 0 bridgehead atoms. The Bertz CT molecular complexity index is 693. The van der Waals surface area contributed by atoms with Crippen molar-refractivity contribution in [2.45, 2.75) is 6.54 Å². The highest BCUT2D eigenvalue weighted by molar-refractivity contribution is 5.77. The van der Waals surface area contributed by atoms with E-state index in [1.165, 1.54) is 0 Å². The first-order chi connectivity index (χ1) is 10.3. The van der Waals surface area contributed by atoms with Crippen molar-refractivity contribution < 1.29 is 13.9 Å². The van der Waals surface area contributed by atoms with Gasteiger partial charge in [0, 0.05) is 29.3 Å². The van der Waals surface area contributed by atoms with Crippen LogP contribution in [0.5, 0.6) is 11.5 Å². The summed E-state index contributed by atoms with van der Waals surface area (Å²) in [7, 11) is 3.27. The Hall–Kier alpha value is -2.62. The van der Waals surface area contributed by atoms with Gasteiger partial charge in [-0.15, -0.1) is 0 Å². The molecule has 0 saturated carbocycles. The topological polar surface area (TPSA) is 43.6 Å². The lowest BCUT2D eigenvalue weighted by molar-refractivity contribution is 0.394. The van der Waals surface area contributed by atoms with Gasteiger partial charge >= 0.3 is 0 Å². The first-order valence-electron chi connectivity index (χ1n) is 6.73. The van der Waals surface area contributed by atoms with Gasteiger partial charge in [0.2, 0.25) is 0 Å². The summed E-state index contributed by atoms with van der Waals surface area (Å²) in [6.45, 7) is 0.602. The molecule has 0 saturated heterocycles. The number of furan rings is 1. The number of benzene rings is 2. The molecule has 0 amide bonds. The van der Waals surface area contributed by atoms with Crippen molar-refractivity contribution in [2.75, 3.05) is 19.5 Å². The fraction of sp³-hybridized carbons (Fsp3) is 0.176. The van der Waals surface area contributed by atoms with Crippen LogP contribution in [-0.4, -0.2) is 14.2 Å². The van der Waals surface area contributed by atoms with Gasteiger partial charge in [0.25, 0.3) is 0 Å². The molecule has 0 radical (unpaired) electrons. The molecule has 2 aromatic carbocycles. The van der Waals surface area contributed by atoms with Crippen molar-refractivity contribution in [1.82, 2.24) is 0 Å². The summed E-state index contributed by atoms with van der Waals surface area (Å²) in [4.78, 5) is 0. The number of para-hydroxylation sites is 1. The molecular formula is C17H17NO3. The predicted octanol–water partition coefficient (Wildman–Crippen LogP) is 4.06. The zero-order valence-electron chi connectivity index (χ0n) is 12.1. The zero-order valence-corrected chi connectivity index (χ0v) is 12.1. The zero-order chi connectivity index (χ0) is 14.7. The van der Waals surface area contributed by atoms with Crippen LogP contribution in [0.25, 0.3) is 11.0 Å². The van der Waals surface area contributed by atoms with Crippen molar-refractivity contribution in [3.63, 3.8) is 0 Å². The van der Waals surface area contributed by atoms with Gasteiger partial charge in [0.15, 0.2) is 0 Å². The molecule has 0 aliphatic rings. The molecule has 0 fully saturated rings. The molecule has 1 heterocycles. The van der Waals surface area contributed by atoms with Gasteiger partial charge in [0.05, 0.1) is 20.8 Å². The van der Waals surface area contributed by atoms with Crippen LogP contribution < -0.4 is 14.8 Å². The first-order valence-corrected chi connectivity index (χ1v) is 6.73. The summed E-state index contributed by atoms with van der Waals surface area (Å²) in [6.07, 6.45) is 0. The molecule has 4 nitrogen and oxygen atoms in total. The third kappa shape index (κ3) is 2.94. The molecule has 108 valence electrons. The van der Waals surface area contributed by atoms with Crippen LogP contribution in [0.4, 0.5) is 5.69 Å². The molecule has 3 aromatic rings. The maximum absolute atomic E-state index is 5.78. The number of rotatable bonds is 5. The lowest BCUT2D eigenvalue weighted by Gasteiger charge is -2.09. The predicted molar refractivity (Wildman–Crippen MR) is 83.1 cm³/mol. The highest BCUT2D eigenvalue weighted by Crippen LogP contribution is 2.26. The van der Waals surface area contributed by atoms with Crippen LogP contribution >= 0.6 is 0 Å². The van der Waals surface area contributed by atoms with Gasteiger partial charge in [-0.2, -0.15) is 0 Å². The van der Waals surface area contributed by atoms with Crippen LogP contribution in [0.3, 0.4) is 0 Å². The van der Waals surface area contributed by atoms with Crippen LogP contribution in [0, 0.1) is 0 Å². The van der Waals surface area contributed by atoms with E-state index in [1.54, 1.807) is 14.2 Å². The van der Waals surface area contributed by atoms with E-state index in [1.807, 2.05) is 48.5 Å². The SMILES string of the molecule is COc1cc(NCc2cc3ccccc3o2)cc(OC)c1. The molecule has 1 N–H and O–H groups in total. The minimum atomic E-state index is 0.602. The number of anilines is 1. The lowest BCUT2D eigenvalue weighted by Crippen LogP contribution is -1.99. The van der Waals surface area contributed by atoms with Crippen molar-refractivity contribution in [2.24, 2.45) is 0 Å². The minimum Gasteiger partial charge on any atom is -0.497 e. The fourth-order valence-electron chi connectivity index (χ4n) is 2.22. The molecule has 0 atom stereocenters. The van der Waals surface area contributed by atoms with Crippen molar-refractivity contribution in [3.8, 4) is 11.5 Å². The van der Waals surface area contributed by atoms with E-state index in [0.29, 0.717) is 6.54 Å². The second-order valence-electron chi connectivity index (χ2n) is 4.71. The maximum Gasteiger partial charge on any atom is 0.134 e. The van der Waals surface area contributed by atoms with Gasteiger partial charge in [0.1, 0.15) is 22.8 Å². The van der Waals surface area contributed by atoms with Gasteiger partial charge in [-0.3, -0.25) is 0 Å². The highest BCUT2D eigenvalue weighted by Gasteiger charge is 2.05. The number of ether oxygens (including phenoxy) is 2. The van der Waals surface area contributed by atoms with E-state index in [4.69, 9.17) is 13.9 Å². The summed E-state index contributed by atoms with van der Waals surface area (Å²) in [5.41, 5.74) is 1.82. The molecule has 4 heteroatoms. The molecule has 1 aromatic heterocycles. The van der Waals surface area contributed by atoms with E-state index >= 15 is 0 Å². The summed E-state index contributed by atoms with van der Waals surface area (Å²) in [5, 5.41) is 4.43. The number of nitrogens with one attached hydrogen (secondary N) is 1. The average Bonchev–Trinajstić information content (AvgIpc) is 2.95. The smallest absolute Gasteiger partial charge is 0.134 e. The normalized spacial score (nSPS) is 10.6. The standard InChI is InChI=1S/C17H17NO3/c1-19-14-8-13(9-15(10-14)20-2)18-11-16-7-12-5-3-4-6-17(12)21-16/h3-10,18H,11H2,1-2H3. The minimum absolute atomic E-state index is 0.602. The summed E-state index contributed by atoms with van der Waals surface area (Å²) in [6, 6.07) is 15.7. The van der Waals surface area contributed by atoms with Crippen molar-refractivity contribution in [3.05, 3.63) is 54.3 Å². The number of hydrogen-bond donors (Lipinski definition) is 1. The van der Waals surface area contributed by atoms with Gasteiger partial charge < -0.3 is 19.2 Å². The van der Waals surface area contributed by atoms with Gasteiger partial charge in [-0.1, -0.05) is 18.2 Å². The van der Waals surface area contributed by atoms with Crippen molar-refractivity contribution in [1.29, 1.82) is 0 Å². The summed E-state index contributed by atoms with van der Waals surface area (Å²) < 4.78 is 16.3. The van der Waals surface area contributed by atoms with Crippen LogP contribution in [-0.2, 0) is 6.54 Å². The van der Waals surface area contributed by atoms with Crippen molar-refractivity contribution >= 4 is 16.7 Å². The second kappa shape index (κ2) is 5.79. The van der Waals surface area contributed by atoms with Crippen LogP contribution in [0.1, 0.15) is 5.76 Å². The molecule has 0 spiro atoms.